The van der Waals surface area contributed by atoms with Gasteiger partial charge in [0, 0.05) is 38.5 Å². The lowest BCUT2D eigenvalue weighted by Gasteiger charge is -2.19. The minimum atomic E-state index is -0.517. The Morgan fingerprint density at radius 2 is 2.00 bits per heavy atom. The number of nitrogens with zero attached hydrogens (tertiary/aromatic N) is 3. The molecule has 144 valence electrons. The van der Waals surface area contributed by atoms with E-state index in [1.165, 1.54) is 28.5 Å². The molecule has 0 spiro atoms. The minimum Gasteiger partial charge on any atom is -0.302 e. The predicted octanol–water partition coefficient (Wildman–Crippen LogP) is 2.20. The fourth-order valence-corrected chi connectivity index (χ4v) is 3.78. The van der Waals surface area contributed by atoms with Gasteiger partial charge >= 0.3 is 0 Å². The second kappa shape index (κ2) is 8.50. The second-order valence-electron chi connectivity index (χ2n) is 7.20. The topological polar surface area (TPSA) is 70.4 Å². The van der Waals surface area contributed by atoms with E-state index < -0.39 is 5.91 Å². The molecule has 3 rings (SSSR count). The van der Waals surface area contributed by atoms with E-state index in [0.29, 0.717) is 0 Å². The van der Waals surface area contributed by atoms with Crippen molar-refractivity contribution in [3.8, 4) is 0 Å². The summed E-state index contributed by atoms with van der Waals surface area (Å²) in [6.45, 7) is 7.38. The molecule has 2 N–H and O–H groups in total. The van der Waals surface area contributed by atoms with Crippen LogP contribution < -0.4 is 5.48 Å². The van der Waals surface area contributed by atoms with Crippen molar-refractivity contribution in [1.29, 1.82) is 0 Å². The Morgan fingerprint density at radius 1 is 1.26 bits per heavy atom. The predicted molar refractivity (Wildman–Crippen MR) is 106 cm³/mol. The number of carbonyl (C=O) groups is 1. The molecule has 27 heavy (non-hydrogen) atoms. The smallest absolute Gasteiger partial charge is 0.267 e. The monoisotopic (exact) mass is 368 g/mol. The summed E-state index contributed by atoms with van der Waals surface area (Å²) >= 11 is 0. The zero-order valence-corrected chi connectivity index (χ0v) is 16.3. The Hall–Kier alpha value is -2.44. The van der Waals surface area contributed by atoms with E-state index in [9.17, 15) is 4.79 Å². The largest absolute Gasteiger partial charge is 0.302 e. The summed E-state index contributed by atoms with van der Waals surface area (Å²) in [5, 5.41) is 13.1. The number of hydrogen-bond donors (Lipinski definition) is 2. The Bertz CT molecular complexity index is 854. The van der Waals surface area contributed by atoms with Crippen LogP contribution in [0.25, 0.3) is 6.08 Å². The summed E-state index contributed by atoms with van der Waals surface area (Å²) in [6, 6.07) is 6.33. The number of aryl methyl sites for hydroxylation is 2. The number of amides is 1. The van der Waals surface area contributed by atoms with Gasteiger partial charge in [0.1, 0.15) is 0 Å². The molecule has 0 atom stereocenters. The Labute approximate surface area is 160 Å². The SMILES string of the molecule is Cc1nn(C)c(C)c1CCN1CCc2ccc(C=CC(=O)NO)cc2CC1. The summed E-state index contributed by atoms with van der Waals surface area (Å²) in [7, 11) is 2.00. The maximum Gasteiger partial charge on any atom is 0.267 e. The fourth-order valence-electron chi connectivity index (χ4n) is 3.78. The van der Waals surface area contributed by atoms with Gasteiger partial charge in [-0.3, -0.25) is 14.7 Å². The molecule has 6 heteroatoms. The molecule has 1 aromatic heterocycles. The molecule has 0 saturated heterocycles. The molecule has 2 aromatic rings. The van der Waals surface area contributed by atoms with Crippen LogP contribution in [0.15, 0.2) is 24.3 Å². The first-order chi connectivity index (χ1) is 13.0. The van der Waals surface area contributed by atoms with Gasteiger partial charge in [-0.1, -0.05) is 18.2 Å². The average Bonchev–Trinajstić information content (AvgIpc) is 2.82. The van der Waals surface area contributed by atoms with Crippen molar-refractivity contribution in [2.45, 2.75) is 33.1 Å². The third-order valence-corrected chi connectivity index (χ3v) is 5.50. The van der Waals surface area contributed by atoms with Crippen LogP contribution in [0.3, 0.4) is 0 Å². The first-order valence-corrected chi connectivity index (χ1v) is 9.43. The lowest BCUT2D eigenvalue weighted by molar-refractivity contribution is -0.124. The quantitative estimate of drug-likeness (QED) is 0.482. The maximum absolute atomic E-state index is 11.1. The van der Waals surface area contributed by atoms with Gasteiger partial charge in [-0.2, -0.15) is 5.10 Å². The van der Waals surface area contributed by atoms with Gasteiger partial charge in [-0.05, 0) is 61.4 Å². The van der Waals surface area contributed by atoms with Crippen LogP contribution >= 0.6 is 0 Å². The van der Waals surface area contributed by atoms with Crippen LogP contribution in [0.5, 0.6) is 0 Å². The van der Waals surface area contributed by atoms with Gasteiger partial charge in [0.25, 0.3) is 5.91 Å². The Balaban J connectivity index is 1.62. The summed E-state index contributed by atoms with van der Waals surface area (Å²) in [6.07, 6.45) is 6.15. The molecule has 1 aliphatic rings. The summed E-state index contributed by atoms with van der Waals surface area (Å²) < 4.78 is 1.97. The number of benzene rings is 1. The third kappa shape index (κ3) is 4.64. The third-order valence-electron chi connectivity index (χ3n) is 5.50. The Kier molecular flexibility index (Phi) is 6.08. The normalized spacial score (nSPS) is 15.0. The lowest BCUT2D eigenvalue weighted by atomic mass is 10.00. The number of hydrogen-bond acceptors (Lipinski definition) is 4. The van der Waals surface area contributed by atoms with Crippen LogP contribution in [0.4, 0.5) is 0 Å². The molecule has 0 unspecified atom stereocenters. The van der Waals surface area contributed by atoms with Gasteiger partial charge < -0.3 is 4.90 Å². The van der Waals surface area contributed by atoms with E-state index in [-0.39, 0.29) is 0 Å². The van der Waals surface area contributed by atoms with E-state index in [1.54, 1.807) is 11.6 Å². The van der Waals surface area contributed by atoms with E-state index in [2.05, 4.69) is 36.0 Å². The summed E-state index contributed by atoms with van der Waals surface area (Å²) in [4.78, 5) is 13.7. The number of carbonyl (C=O) groups excluding carboxylic acids is 1. The lowest BCUT2D eigenvalue weighted by Crippen LogP contribution is -2.28. The van der Waals surface area contributed by atoms with E-state index in [1.807, 2.05) is 17.8 Å². The van der Waals surface area contributed by atoms with Crippen LogP contribution in [0, 0.1) is 13.8 Å². The first kappa shape index (κ1) is 19.3. The van der Waals surface area contributed by atoms with Crippen molar-refractivity contribution in [2.24, 2.45) is 7.05 Å². The molecular formula is C21H28N4O2. The molecule has 0 saturated carbocycles. The highest BCUT2D eigenvalue weighted by Gasteiger charge is 2.16. The van der Waals surface area contributed by atoms with Gasteiger partial charge in [-0.15, -0.1) is 0 Å². The highest BCUT2D eigenvalue weighted by atomic mass is 16.5. The molecule has 2 heterocycles. The van der Waals surface area contributed by atoms with E-state index in [4.69, 9.17) is 5.21 Å². The highest BCUT2D eigenvalue weighted by molar-refractivity contribution is 5.90. The van der Waals surface area contributed by atoms with Gasteiger partial charge in [0.05, 0.1) is 5.69 Å². The molecule has 0 fully saturated rings. The number of rotatable bonds is 5. The standard InChI is InChI=1S/C21H28N4O2/c1-15-20(16(2)24(3)22-15)10-13-25-11-8-18-6-4-17(5-7-21(26)23-27)14-19(18)9-12-25/h4-7,14,27H,8-13H2,1-3H3,(H,23,26). The highest BCUT2D eigenvalue weighted by Crippen LogP contribution is 2.20. The second-order valence-corrected chi connectivity index (χ2v) is 7.20. The molecule has 1 aromatic carbocycles. The van der Waals surface area contributed by atoms with Crippen LogP contribution in [-0.2, 0) is 31.1 Å². The van der Waals surface area contributed by atoms with Crippen LogP contribution in [0.1, 0.15) is 33.6 Å². The van der Waals surface area contributed by atoms with Crippen LogP contribution in [0.2, 0.25) is 0 Å². The van der Waals surface area contributed by atoms with Gasteiger partial charge in [0.2, 0.25) is 0 Å². The number of aromatic nitrogens is 2. The first-order valence-electron chi connectivity index (χ1n) is 9.43. The van der Waals surface area contributed by atoms with E-state index >= 15 is 0 Å². The van der Waals surface area contributed by atoms with Crippen molar-refractivity contribution in [2.75, 3.05) is 19.6 Å². The molecule has 0 aliphatic carbocycles. The minimum absolute atomic E-state index is 0.517. The van der Waals surface area contributed by atoms with Gasteiger partial charge in [-0.25, -0.2) is 5.48 Å². The molecule has 1 aliphatic heterocycles. The zero-order chi connectivity index (χ0) is 19.4. The fraction of sp³-hybridized carbons (Fsp3) is 0.429. The van der Waals surface area contributed by atoms with Crippen LogP contribution in [-0.4, -0.2) is 45.4 Å². The van der Waals surface area contributed by atoms with Crippen molar-refractivity contribution >= 4 is 12.0 Å². The summed E-state index contributed by atoms with van der Waals surface area (Å²) in [5.74, 6) is -0.517. The zero-order valence-electron chi connectivity index (χ0n) is 16.3. The molecule has 0 bridgehead atoms. The molecular weight excluding hydrogens is 340 g/mol. The van der Waals surface area contributed by atoms with Crippen molar-refractivity contribution in [1.82, 2.24) is 20.2 Å². The average molecular weight is 368 g/mol. The maximum atomic E-state index is 11.1. The van der Waals surface area contributed by atoms with E-state index in [0.717, 1.165) is 50.2 Å². The van der Waals surface area contributed by atoms with Crippen molar-refractivity contribution < 1.29 is 10.0 Å². The number of hydroxylamine groups is 1. The number of nitrogens with one attached hydrogen (secondary N) is 1. The molecule has 0 radical (unpaired) electrons. The van der Waals surface area contributed by atoms with Crippen molar-refractivity contribution in [3.05, 3.63) is 57.9 Å². The Morgan fingerprint density at radius 3 is 2.67 bits per heavy atom. The molecule has 1 amide bonds. The van der Waals surface area contributed by atoms with Gasteiger partial charge in [0.15, 0.2) is 0 Å². The van der Waals surface area contributed by atoms with Crippen molar-refractivity contribution in [3.63, 3.8) is 0 Å². The number of fused-ring (bicyclic) bond motifs is 1. The summed E-state index contributed by atoms with van der Waals surface area (Å²) in [5.41, 5.74) is 9.08. The molecule has 6 nitrogen and oxygen atoms in total.